The van der Waals surface area contributed by atoms with Gasteiger partial charge in [0.05, 0.1) is 0 Å². The van der Waals surface area contributed by atoms with Crippen LogP contribution >= 0.6 is 0 Å². The Morgan fingerprint density at radius 1 is 1.24 bits per heavy atom. The third-order valence-corrected chi connectivity index (χ3v) is 3.69. The number of carboxylic acids is 1. The zero-order chi connectivity index (χ0) is 16.5. The Morgan fingerprint density at radius 3 is 2.05 bits per heavy atom. The van der Waals surface area contributed by atoms with E-state index in [9.17, 15) is 22.4 Å². The largest absolute Gasteiger partial charge is 0.480 e. The maximum atomic E-state index is 13.7. The fourth-order valence-corrected chi connectivity index (χ4v) is 2.21. The van der Waals surface area contributed by atoms with Crippen LogP contribution in [0.15, 0.2) is 6.07 Å². The zero-order valence-corrected chi connectivity index (χ0v) is 11.9. The minimum atomic E-state index is -1.60. The van der Waals surface area contributed by atoms with E-state index in [1.807, 2.05) is 0 Å². The van der Waals surface area contributed by atoms with Crippen molar-refractivity contribution >= 4 is 5.97 Å². The number of rotatable bonds is 5. The lowest BCUT2D eigenvalue weighted by Gasteiger charge is -2.28. The monoisotopic (exact) mass is 307 g/mol. The van der Waals surface area contributed by atoms with Crippen LogP contribution in [0.25, 0.3) is 0 Å². The van der Waals surface area contributed by atoms with Crippen LogP contribution in [-0.4, -0.2) is 16.6 Å². The van der Waals surface area contributed by atoms with Crippen molar-refractivity contribution in [3.8, 4) is 0 Å². The van der Waals surface area contributed by atoms with Crippen LogP contribution in [0.2, 0.25) is 0 Å². The van der Waals surface area contributed by atoms with Gasteiger partial charge in [-0.1, -0.05) is 13.8 Å². The number of carboxylic acid groups (broad SMARTS) is 1. The summed E-state index contributed by atoms with van der Waals surface area (Å²) >= 11 is 0. The second kappa shape index (κ2) is 6.01. The molecule has 0 aliphatic carbocycles. The highest BCUT2D eigenvalue weighted by atomic mass is 19.2. The average Bonchev–Trinajstić information content (AvgIpc) is 2.35. The van der Waals surface area contributed by atoms with E-state index in [1.54, 1.807) is 0 Å². The molecule has 0 fully saturated rings. The molecule has 3 atom stereocenters. The molecule has 7 heteroatoms. The van der Waals surface area contributed by atoms with Crippen molar-refractivity contribution in [3.05, 3.63) is 34.9 Å². The van der Waals surface area contributed by atoms with Gasteiger partial charge in [0, 0.05) is 11.6 Å². The number of hydrogen-bond donors (Lipinski definition) is 2. The van der Waals surface area contributed by atoms with E-state index in [1.165, 1.54) is 20.8 Å². The number of benzene rings is 1. The highest BCUT2D eigenvalue weighted by Crippen LogP contribution is 2.34. The fourth-order valence-electron chi connectivity index (χ4n) is 2.21. The molecule has 0 aliphatic rings. The summed E-state index contributed by atoms with van der Waals surface area (Å²) in [5, 5.41) is 8.95. The highest BCUT2D eigenvalue weighted by molar-refractivity contribution is 5.77. The normalized spacial score (nSPS) is 17.1. The molecule has 3 nitrogen and oxygen atoms in total. The van der Waals surface area contributed by atoms with Crippen molar-refractivity contribution < 1.29 is 27.5 Å². The summed E-state index contributed by atoms with van der Waals surface area (Å²) in [5.74, 6) is -8.75. The molecule has 0 saturated heterocycles. The van der Waals surface area contributed by atoms with Crippen molar-refractivity contribution in [2.75, 3.05) is 0 Å². The highest BCUT2D eigenvalue weighted by Gasteiger charge is 2.34. The molecule has 0 saturated carbocycles. The van der Waals surface area contributed by atoms with Gasteiger partial charge in [-0.3, -0.25) is 4.79 Å². The predicted octanol–water partition coefficient (Wildman–Crippen LogP) is 3.17. The van der Waals surface area contributed by atoms with E-state index in [4.69, 9.17) is 10.8 Å². The predicted molar refractivity (Wildman–Crippen MR) is 68.7 cm³/mol. The van der Waals surface area contributed by atoms with Crippen molar-refractivity contribution in [2.24, 2.45) is 11.7 Å². The first kappa shape index (κ1) is 17.4. The summed E-state index contributed by atoms with van der Waals surface area (Å²) in [6.07, 6.45) is -0.111. The van der Waals surface area contributed by atoms with Gasteiger partial charge in [0.15, 0.2) is 23.3 Å². The van der Waals surface area contributed by atoms with Gasteiger partial charge in [-0.25, -0.2) is 17.6 Å². The smallest absolute Gasteiger partial charge is 0.323 e. The van der Waals surface area contributed by atoms with Crippen LogP contribution in [0.5, 0.6) is 0 Å². The standard InChI is InChI=1S/C14H17F4NO2/c1-6(5-14(3,19)13(20)21)7(2)10-11(17)8(15)4-9(16)12(10)18/h4,6-7H,5,19H2,1-3H3,(H,20,21). The van der Waals surface area contributed by atoms with Gasteiger partial charge in [-0.2, -0.15) is 0 Å². The topological polar surface area (TPSA) is 63.3 Å². The molecule has 0 radical (unpaired) electrons. The summed E-state index contributed by atoms with van der Waals surface area (Å²) in [6, 6.07) is 0.135. The fraction of sp³-hybridized carbons (Fsp3) is 0.500. The quantitative estimate of drug-likeness (QED) is 0.649. The van der Waals surface area contributed by atoms with Crippen LogP contribution in [0.3, 0.4) is 0 Å². The number of hydrogen-bond acceptors (Lipinski definition) is 2. The van der Waals surface area contributed by atoms with Crippen LogP contribution in [0.1, 0.15) is 38.7 Å². The van der Waals surface area contributed by atoms with E-state index < -0.39 is 52.2 Å². The third-order valence-electron chi connectivity index (χ3n) is 3.69. The molecule has 3 N–H and O–H groups in total. The molecule has 0 aliphatic heterocycles. The maximum absolute atomic E-state index is 13.7. The first-order valence-electron chi connectivity index (χ1n) is 6.34. The lowest BCUT2D eigenvalue weighted by atomic mass is 9.80. The second-order valence-corrected chi connectivity index (χ2v) is 5.57. The van der Waals surface area contributed by atoms with Crippen molar-refractivity contribution in [1.82, 2.24) is 0 Å². The first-order chi connectivity index (χ1) is 9.49. The molecular weight excluding hydrogens is 290 g/mol. The molecular formula is C14H17F4NO2. The SMILES string of the molecule is CC(CC(C)(N)C(=O)O)C(C)c1c(F)c(F)cc(F)c1F. The Morgan fingerprint density at radius 2 is 1.67 bits per heavy atom. The lowest BCUT2D eigenvalue weighted by molar-refractivity contribution is -0.143. The molecule has 0 heterocycles. The number of aliphatic carboxylic acids is 1. The van der Waals surface area contributed by atoms with Gasteiger partial charge in [0.1, 0.15) is 5.54 Å². The van der Waals surface area contributed by atoms with Crippen LogP contribution in [-0.2, 0) is 4.79 Å². The minimum Gasteiger partial charge on any atom is -0.480 e. The third kappa shape index (κ3) is 3.53. The molecule has 0 amide bonds. The molecule has 0 spiro atoms. The molecule has 0 bridgehead atoms. The van der Waals surface area contributed by atoms with Crippen LogP contribution in [0, 0.1) is 29.2 Å². The minimum absolute atomic E-state index is 0.111. The van der Waals surface area contributed by atoms with E-state index in [0.717, 1.165) is 0 Å². The van der Waals surface area contributed by atoms with Crippen molar-refractivity contribution in [2.45, 2.75) is 38.6 Å². The Balaban J connectivity index is 3.15. The Hall–Kier alpha value is -1.63. The number of nitrogens with two attached hydrogens (primary N) is 1. The molecule has 0 aromatic heterocycles. The van der Waals surface area contributed by atoms with Gasteiger partial charge >= 0.3 is 5.97 Å². The summed E-state index contributed by atoms with van der Waals surface area (Å²) < 4.78 is 53.8. The molecule has 1 aromatic carbocycles. The van der Waals surface area contributed by atoms with Gasteiger partial charge < -0.3 is 10.8 Å². The number of halogens is 4. The number of carbonyl (C=O) groups is 1. The maximum Gasteiger partial charge on any atom is 0.323 e. The second-order valence-electron chi connectivity index (χ2n) is 5.57. The van der Waals surface area contributed by atoms with Gasteiger partial charge in [0.25, 0.3) is 0 Å². The van der Waals surface area contributed by atoms with Crippen LogP contribution < -0.4 is 5.73 Å². The van der Waals surface area contributed by atoms with E-state index in [-0.39, 0.29) is 12.5 Å². The zero-order valence-electron chi connectivity index (χ0n) is 11.9. The molecule has 1 rings (SSSR count). The molecule has 1 aromatic rings. The lowest BCUT2D eigenvalue weighted by Crippen LogP contribution is -2.46. The van der Waals surface area contributed by atoms with E-state index >= 15 is 0 Å². The Bertz CT molecular complexity index is 534. The average molecular weight is 307 g/mol. The molecule has 3 unspecified atom stereocenters. The Labute approximate surface area is 119 Å². The van der Waals surface area contributed by atoms with E-state index in [2.05, 4.69) is 0 Å². The van der Waals surface area contributed by atoms with E-state index in [0.29, 0.717) is 0 Å². The Kier molecular flexibility index (Phi) is 4.99. The summed E-state index contributed by atoms with van der Waals surface area (Å²) in [4.78, 5) is 11.0. The van der Waals surface area contributed by atoms with Crippen LogP contribution in [0.4, 0.5) is 17.6 Å². The molecule has 118 valence electrons. The van der Waals surface area contributed by atoms with Crippen molar-refractivity contribution in [1.29, 1.82) is 0 Å². The van der Waals surface area contributed by atoms with Gasteiger partial charge in [-0.05, 0) is 25.2 Å². The van der Waals surface area contributed by atoms with Crippen molar-refractivity contribution in [3.63, 3.8) is 0 Å². The summed E-state index contributed by atoms with van der Waals surface area (Å²) in [5.41, 5.74) is 3.24. The first-order valence-corrected chi connectivity index (χ1v) is 6.34. The summed E-state index contributed by atoms with van der Waals surface area (Å²) in [7, 11) is 0. The van der Waals surface area contributed by atoms with Gasteiger partial charge in [0.2, 0.25) is 0 Å². The molecule has 21 heavy (non-hydrogen) atoms. The van der Waals surface area contributed by atoms with Gasteiger partial charge in [-0.15, -0.1) is 0 Å². The summed E-state index contributed by atoms with van der Waals surface area (Å²) in [6.45, 7) is 4.14.